The first-order chi connectivity index (χ1) is 9.60. The molecule has 2 heteroatoms. The minimum atomic E-state index is -0.285. The van der Waals surface area contributed by atoms with E-state index in [-0.39, 0.29) is 5.82 Å². The van der Waals surface area contributed by atoms with Crippen molar-refractivity contribution in [3.05, 3.63) is 52.8 Å². The van der Waals surface area contributed by atoms with Crippen LogP contribution in [0.1, 0.15) is 37.5 Å². The van der Waals surface area contributed by atoms with Gasteiger partial charge in [-0.2, -0.15) is 0 Å². The van der Waals surface area contributed by atoms with E-state index in [2.05, 4.69) is 32.9 Å². The Morgan fingerprint density at radius 2 is 1.50 bits per heavy atom. The maximum absolute atomic E-state index is 13.3. The van der Waals surface area contributed by atoms with Crippen molar-refractivity contribution in [2.75, 3.05) is 5.73 Å². The number of anilines is 1. The molecule has 0 amide bonds. The molecule has 0 fully saturated rings. The molecule has 0 aromatic heterocycles. The summed E-state index contributed by atoms with van der Waals surface area (Å²) in [5.74, 6) is -0.285. The maximum Gasteiger partial charge on any atom is 0.125 e. The average molecular weight is 271 g/mol. The van der Waals surface area contributed by atoms with Crippen LogP contribution in [0.25, 0.3) is 11.1 Å². The largest absolute Gasteiger partial charge is 0.398 e. The molecular formula is C18H22FN. The molecule has 2 aromatic rings. The van der Waals surface area contributed by atoms with Crippen molar-refractivity contribution in [2.24, 2.45) is 0 Å². The molecule has 2 N–H and O–H groups in total. The molecule has 1 nitrogen and oxygen atoms in total. The number of hydrogen-bond acceptors (Lipinski definition) is 1. The summed E-state index contributed by atoms with van der Waals surface area (Å²) in [7, 11) is 0. The molecule has 0 saturated carbocycles. The van der Waals surface area contributed by atoms with Gasteiger partial charge in [0.1, 0.15) is 5.82 Å². The molecule has 0 aliphatic heterocycles. The highest BCUT2D eigenvalue weighted by atomic mass is 19.1. The van der Waals surface area contributed by atoms with Gasteiger partial charge >= 0.3 is 0 Å². The van der Waals surface area contributed by atoms with Crippen LogP contribution in [-0.4, -0.2) is 0 Å². The van der Waals surface area contributed by atoms with E-state index in [1.807, 2.05) is 0 Å². The van der Waals surface area contributed by atoms with E-state index in [1.165, 1.54) is 34.4 Å². The zero-order valence-electron chi connectivity index (χ0n) is 12.5. The van der Waals surface area contributed by atoms with E-state index >= 15 is 0 Å². The van der Waals surface area contributed by atoms with Crippen molar-refractivity contribution in [1.29, 1.82) is 0 Å². The number of benzene rings is 2. The van der Waals surface area contributed by atoms with E-state index in [0.717, 1.165) is 24.8 Å². The Balaban J connectivity index is 2.71. The number of nitrogens with two attached hydrogens (primary N) is 1. The third kappa shape index (κ3) is 2.69. The fourth-order valence-electron chi connectivity index (χ4n) is 2.71. The second-order valence-electron chi connectivity index (χ2n) is 5.08. The van der Waals surface area contributed by atoms with Crippen LogP contribution in [0.5, 0.6) is 0 Å². The van der Waals surface area contributed by atoms with Gasteiger partial charge in [-0.3, -0.25) is 0 Å². The van der Waals surface area contributed by atoms with Gasteiger partial charge in [-0.05, 0) is 59.7 Å². The lowest BCUT2D eigenvalue weighted by Crippen LogP contribution is -2.00. The van der Waals surface area contributed by atoms with Crippen LogP contribution in [0.3, 0.4) is 0 Å². The number of halogens is 1. The minimum Gasteiger partial charge on any atom is -0.398 e. The monoisotopic (exact) mass is 271 g/mol. The number of aryl methyl sites for hydroxylation is 3. The molecule has 0 aliphatic rings. The van der Waals surface area contributed by atoms with Crippen LogP contribution in [0.15, 0.2) is 30.3 Å². The quantitative estimate of drug-likeness (QED) is 0.797. The Bertz CT molecular complexity index is 592. The molecule has 0 radical (unpaired) electrons. The number of nitrogen functional groups attached to an aromatic ring is 1. The summed E-state index contributed by atoms with van der Waals surface area (Å²) in [5.41, 5.74) is 12.6. The van der Waals surface area contributed by atoms with Gasteiger partial charge in [-0.15, -0.1) is 0 Å². The second-order valence-corrected chi connectivity index (χ2v) is 5.08. The first-order valence-corrected chi connectivity index (χ1v) is 7.30. The van der Waals surface area contributed by atoms with E-state index in [4.69, 9.17) is 5.73 Å². The molecule has 0 heterocycles. The van der Waals surface area contributed by atoms with Gasteiger partial charge in [0.25, 0.3) is 0 Å². The number of rotatable bonds is 4. The minimum absolute atomic E-state index is 0.285. The fraction of sp³-hybridized carbons (Fsp3) is 0.333. The highest BCUT2D eigenvalue weighted by Gasteiger charge is 2.13. The smallest absolute Gasteiger partial charge is 0.125 e. The lowest BCUT2D eigenvalue weighted by atomic mass is 9.88. The molecule has 0 spiro atoms. The van der Waals surface area contributed by atoms with E-state index in [0.29, 0.717) is 5.69 Å². The molecule has 0 bridgehead atoms. The maximum atomic E-state index is 13.3. The highest BCUT2D eigenvalue weighted by molar-refractivity contribution is 5.81. The van der Waals surface area contributed by atoms with Crippen molar-refractivity contribution in [2.45, 2.75) is 40.0 Å². The Morgan fingerprint density at radius 3 is 1.95 bits per heavy atom. The lowest BCUT2D eigenvalue weighted by Gasteiger charge is -2.17. The molecule has 20 heavy (non-hydrogen) atoms. The highest BCUT2D eigenvalue weighted by Crippen LogP contribution is 2.34. The zero-order chi connectivity index (χ0) is 14.7. The summed E-state index contributed by atoms with van der Waals surface area (Å²) in [5, 5.41) is 0. The first kappa shape index (κ1) is 14.6. The van der Waals surface area contributed by atoms with Crippen LogP contribution in [0.2, 0.25) is 0 Å². The Morgan fingerprint density at radius 1 is 0.900 bits per heavy atom. The predicted molar refractivity (Wildman–Crippen MR) is 84.4 cm³/mol. The molecule has 2 rings (SSSR count). The fourth-order valence-corrected chi connectivity index (χ4v) is 2.71. The van der Waals surface area contributed by atoms with Crippen molar-refractivity contribution < 1.29 is 4.39 Å². The Labute approximate surface area is 120 Å². The van der Waals surface area contributed by atoms with Crippen molar-refractivity contribution in [3.8, 4) is 11.1 Å². The Kier molecular flexibility index (Phi) is 4.43. The standard InChI is InChI=1S/C18H22FN/c1-4-12-9-13(5-2)18(14(6-3)10-12)16-8-7-15(19)11-17(16)20/h7-11H,4-6,20H2,1-3H3. The normalized spacial score (nSPS) is 10.8. The van der Waals surface area contributed by atoms with Gasteiger partial charge in [0.2, 0.25) is 0 Å². The molecule has 0 unspecified atom stereocenters. The predicted octanol–water partition coefficient (Wildman–Crippen LogP) is 4.76. The molecule has 2 aromatic carbocycles. The van der Waals surface area contributed by atoms with Crippen LogP contribution in [-0.2, 0) is 19.3 Å². The topological polar surface area (TPSA) is 26.0 Å². The summed E-state index contributed by atoms with van der Waals surface area (Å²) in [6.07, 6.45) is 2.93. The molecule has 0 saturated heterocycles. The lowest BCUT2D eigenvalue weighted by molar-refractivity contribution is 0.628. The third-order valence-corrected chi connectivity index (χ3v) is 3.81. The second kappa shape index (κ2) is 6.08. The van der Waals surface area contributed by atoms with Crippen LogP contribution in [0.4, 0.5) is 10.1 Å². The van der Waals surface area contributed by atoms with E-state index < -0.39 is 0 Å². The van der Waals surface area contributed by atoms with Crippen LogP contribution < -0.4 is 5.73 Å². The van der Waals surface area contributed by atoms with E-state index in [1.54, 1.807) is 6.07 Å². The molecule has 0 atom stereocenters. The molecule has 106 valence electrons. The van der Waals surface area contributed by atoms with Crippen LogP contribution >= 0.6 is 0 Å². The van der Waals surface area contributed by atoms with Crippen molar-refractivity contribution in [3.63, 3.8) is 0 Å². The average Bonchev–Trinajstić information content (AvgIpc) is 2.46. The van der Waals surface area contributed by atoms with Gasteiger partial charge < -0.3 is 5.73 Å². The third-order valence-electron chi connectivity index (χ3n) is 3.81. The van der Waals surface area contributed by atoms with E-state index in [9.17, 15) is 4.39 Å². The van der Waals surface area contributed by atoms with Gasteiger partial charge in [0.15, 0.2) is 0 Å². The molecular weight excluding hydrogens is 249 g/mol. The van der Waals surface area contributed by atoms with Crippen molar-refractivity contribution >= 4 is 5.69 Å². The van der Waals surface area contributed by atoms with Gasteiger partial charge in [0.05, 0.1) is 0 Å². The summed E-state index contributed by atoms with van der Waals surface area (Å²) in [4.78, 5) is 0. The van der Waals surface area contributed by atoms with Gasteiger partial charge in [0, 0.05) is 11.3 Å². The Hall–Kier alpha value is -1.83. The summed E-state index contributed by atoms with van der Waals surface area (Å²) in [6.45, 7) is 6.47. The summed E-state index contributed by atoms with van der Waals surface area (Å²) >= 11 is 0. The summed E-state index contributed by atoms with van der Waals surface area (Å²) < 4.78 is 13.3. The van der Waals surface area contributed by atoms with Crippen LogP contribution in [0, 0.1) is 5.82 Å². The summed E-state index contributed by atoms with van der Waals surface area (Å²) in [6, 6.07) is 9.18. The van der Waals surface area contributed by atoms with Crippen molar-refractivity contribution in [1.82, 2.24) is 0 Å². The zero-order valence-corrected chi connectivity index (χ0v) is 12.5. The first-order valence-electron chi connectivity index (χ1n) is 7.30. The van der Waals surface area contributed by atoms with Gasteiger partial charge in [-0.25, -0.2) is 4.39 Å². The number of hydrogen-bond donors (Lipinski definition) is 1. The van der Waals surface area contributed by atoms with Gasteiger partial charge in [-0.1, -0.05) is 32.9 Å². The molecule has 0 aliphatic carbocycles. The SMILES string of the molecule is CCc1cc(CC)c(-c2ccc(F)cc2N)c(CC)c1.